The van der Waals surface area contributed by atoms with Gasteiger partial charge in [-0.1, -0.05) is 30.3 Å². The molecule has 132 valence electrons. The molecule has 6 heteroatoms. The van der Waals surface area contributed by atoms with Crippen molar-refractivity contribution in [1.29, 1.82) is 10.5 Å². The summed E-state index contributed by atoms with van der Waals surface area (Å²) in [6.07, 6.45) is 1.30. The minimum atomic E-state index is -0.392. The largest absolute Gasteiger partial charge is 0.359 e. The molecule has 0 bridgehead atoms. The molecule has 1 aliphatic heterocycles. The monoisotopic (exact) mass is 364 g/mol. The van der Waals surface area contributed by atoms with Gasteiger partial charge >= 0.3 is 0 Å². The third-order valence-corrected chi connectivity index (χ3v) is 4.53. The fourth-order valence-electron chi connectivity index (χ4n) is 3.27. The second kappa shape index (κ2) is 6.71. The number of rotatable bonds is 3. The number of nitrogens with one attached hydrogen (secondary N) is 1. The lowest BCUT2D eigenvalue weighted by Crippen LogP contribution is -2.40. The highest BCUT2D eigenvalue weighted by Crippen LogP contribution is 2.36. The quantitative estimate of drug-likeness (QED) is 0.560. The molecule has 3 aromatic rings. The molecule has 0 aliphatic carbocycles. The number of nitriles is 2. The molecule has 1 N–H and O–H groups in total. The van der Waals surface area contributed by atoms with Crippen LogP contribution in [0, 0.1) is 22.7 Å². The van der Waals surface area contributed by atoms with Gasteiger partial charge in [0.1, 0.15) is 17.7 Å². The molecule has 28 heavy (non-hydrogen) atoms. The van der Waals surface area contributed by atoms with Gasteiger partial charge in [-0.15, -0.1) is 0 Å². The minimum absolute atomic E-state index is 0.0807. The predicted molar refractivity (Wildman–Crippen MR) is 104 cm³/mol. The third kappa shape index (κ3) is 2.57. The molecule has 0 saturated carbocycles. The molecule has 0 radical (unpaired) electrons. The van der Waals surface area contributed by atoms with Crippen LogP contribution in [0.15, 0.2) is 72.4 Å². The van der Waals surface area contributed by atoms with Crippen molar-refractivity contribution in [2.75, 3.05) is 10.2 Å². The van der Waals surface area contributed by atoms with Crippen molar-refractivity contribution in [1.82, 2.24) is 0 Å². The Hall–Kier alpha value is -4.42. The summed E-state index contributed by atoms with van der Waals surface area (Å²) in [6, 6.07) is 20.9. The van der Waals surface area contributed by atoms with Crippen molar-refractivity contribution in [3.05, 3.63) is 83.6 Å². The molecular formula is C22H12N4O2. The standard InChI is InChI=1S/C22H12N4O2/c23-11-14(12-24)13-25-19-10-9-18-20-16(19)7-4-8-17(20)21(27)26(22(18)28)15-5-2-1-3-6-15/h1-10,13,25H. The molecular weight excluding hydrogens is 352 g/mol. The van der Waals surface area contributed by atoms with Gasteiger partial charge < -0.3 is 5.32 Å². The van der Waals surface area contributed by atoms with Crippen LogP contribution < -0.4 is 10.2 Å². The SMILES string of the molecule is N#CC(C#N)=CNc1ccc2c3c(cccc13)C(=O)N(c1ccccc1)C2=O. The summed E-state index contributed by atoms with van der Waals surface area (Å²) in [5, 5.41) is 21.9. The zero-order chi connectivity index (χ0) is 19.7. The van der Waals surface area contributed by atoms with Crippen molar-refractivity contribution in [3.8, 4) is 12.1 Å². The van der Waals surface area contributed by atoms with E-state index >= 15 is 0 Å². The van der Waals surface area contributed by atoms with Crippen LogP contribution in [0.4, 0.5) is 11.4 Å². The Morgan fingerprint density at radius 1 is 0.857 bits per heavy atom. The Balaban J connectivity index is 1.88. The third-order valence-electron chi connectivity index (χ3n) is 4.53. The predicted octanol–water partition coefficient (Wildman–Crippen LogP) is 3.98. The highest BCUT2D eigenvalue weighted by molar-refractivity contribution is 6.36. The summed E-state index contributed by atoms with van der Waals surface area (Å²) in [4.78, 5) is 27.3. The molecule has 2 amide bonds. The van der Waals surface area contributed by atoms with E-state index in [1.807, 2.05) is 6.07 Å². The van der Waals surface area contributed by atoms with Crippen LogP contribution in [-0.4, -0.2) is 11.8 Å². The number of carbonyl (C=O) groups excluding carboxylic acids is 2. The van der Waals surface area contributed by atoms with Crippen molar-refractivity contribution < 1.29 is 9.59 Å². The van der Waals surface area contributed by atoms with Crippen molar-refractivity contribution in [2.24, 2.45) is 0 Å². The number of amides is 2. The number of hydrogen-bond donors (Lipinski definition) is 1. The molecule has 0 fully saturated rings. The molecule has 6 nitrogen and oxygen atoms in total. The first-order chi connectivity index (χ1) is 13.7. The molecule has 4 rings (SSSR count). The number of allylic oxidation sites excluding steroid dienone is 1. The molecule has 0 spiro atoms. The van der Waals surface area contributed by atoms with E-state index in [9.17, 15) is 9.59 Å². The Morgan fingerprint density at radius 2 is 1.54 bits per heavy atom. The molecule has 0 saturated heterocycles. The second-order valence-corrected chi connectivity index (χ2v) is 6.10. The van der Waals surface area contributed by atoms with Gasteiger partial charge in [0.15, 0.2) is 0 Å². The maximum absolute atomic E-state index is 13.1. The van der Waals surface area contributed by atoms with Gasteiger partial charge in [-0.2, -0.15) is 10.5 Å². The van der Waals surface area contributed by atoms with Crippen molar-refractivity contribution >= 4 is 34.0 Å². The van der Waals surface area contributed by atoms with Crippen LogP contribution in [0.25, 0.3) is 10.8 Å². The van der Waals surface area contributed by atoms with Crippen molar-refractivity contribution in [3.63, 3.8) is 0 Å². The van der Waals surface area contributed by atoms with Crippen LogP contribution in [0.3, 0.4) is 0 Å². The lowest BCUT2D eigenvalue weighted by atomic mass is 9.92. The highest BCUT2D eigenvalue weighted by Gasteiger charge is 2.34. The molecule has 0 atom stereocenters. The lowest BCUT2D eigenvalue weighted by Gasteiger charge is -2.27. The average molecular weight is 364 g/mol. The van der Waals surface area contributed by atoms with Gasteiger partial charge in [-0.25, -0.2) is 4.90 Å². The first kappa shape index (κ1) is 17.0. The zero-order valence-electron chi connectivity index (χ0n) is 14.5. The maximum Gasteiger partial charge on any atom is 0.265 e. The maximum atomic E-state index is 13.1. The van der Waals surface area contributed by atoms with Gasteiger partial charge in [0.2, 0.25) is 0 Å². The molecule has 0 aromatic heterocycles. The topological polar surface area (TPSA) is 97.0 Å². The van der Waals surface area contributed by atoms with Crippen LogP contribution in [0.2, 0.25) is 0 Å². The summed E-state index contributed by atoms with van der Waals surface area (Å²) >= 11 is 0. The Kier molecular flexibility index (Phi) is 4.08. The van der Waals surface area contributed by atoms with Crippen LogP contribution >= 0.6 is 0 Å². The smallest absolute Gasteiger partial charge is 0.265 e. The summed E-state index contributed by atoms with van der Waals surface area (Å²) < 4.78 is 0. The number of carbonyl (C=O) groups is 2. The number of anilines is 2. The Labute approximate surface area is 160 Å². The Bertz CT molecular complexity index is 1210. The van der Waals surface area contributed by atoms with Crippen LogP contribution in [0.1, 0.15) is 20.7 Å². The van der Waals surface area contributed by atoms with Gasteiger partial charge in [0.25, 0.3) is 11.8 Å². The van der Waals surface area contributed by atoms with Gasteiger partial charge in [0.05, 0.1) is 5.69 Å². The van der Waals surface area contributed by atoms with E-state index in [1.54, 1.807) is 66.7 Å². The van der Waals surface area contributed by atoms with Crippen LogP contribution in [-0.2, 0) is 0 Å². The summed E-state index contributed by atoms with van der Waals surface area (Å²) in [5.74, 6) is -0.784. The van der Waals surface area contributed by atoms with Gasteiger partial charge in [-0.05, 0) is 30.3 Å². The first-order valence-electron chi connectivity index (χ1n) is 8.42. The van der Waals surface area contributed by atoms with Crippen molar-refractivity contribution in [2.45, 2.75) is 0 Å². The molecule has 1 heterocycles. The summed E-state index contributed by atoms with van der Waals surface area (Å²) in [7, 11) is 0. The normalized spacial score (nSPS) is 12.3. The van der Waals surface area contributed by atoms with Gasteiger partial charge in [0, 0.05) is 33.8 Å². The number of benzene rings is 3. The molecule has 0 unspecified atom stereocenters. The van der Waals surface area contributed by atoms with Gasteiger partial charge in [-0.3, -0.25) is 9.59 Å². The summed E-state index contributed by atoms with van der Waals surface area (Å²) in [6.45, 7) is 0. The molecule has 3 aromatic carbocycles. The van der Waals surface area contributed by atoms with E-state index in [1.165, 1.54) is 11.1 Å². The highest BCUT2D eigenvalue weighted by atomic mass is 16.2. The average Bonchev–Trinajstić information content (AvgIpc) is 2.74. The number of nitrogens with zero attached hydrogens (tertiary/aromatic N) is 3. The fraction of sp³-hybridized carbons (Fsp3) is 0. The van der Waals surface area contributed by atoms with E-state index in [0.717, 1.165) is 0 Å². The lowest BCUT2D eigenvalue weighted by molar-refractivity contribution is 0.0893. The minimum Gasteiger partial charge on any atom is -0.359 e. The van der Waals surface area contributed by atoms with E-state index in [2.05, 4.69) is 5.32 Å². The zero-order valence-corrected chi connectivity index (χ0v) is 14.5. The molecule has 1 aliphatic rings. The van der Waals surface area contributed by atoms with E-state index < -0.39 is 11.8 Å². The van der Waals surface area contributed by atoms with E-state index in [-0.39, 0.29) is 5.57 Å². The number of hydrogen-bond acceptors (Lipinski definition) is 5. The first-order valence-corrected chi connectivity index (χ1v) is 8.42. The van der Waals surface area contributed by atoms with Crippen LogP contribution in [0.5, 0.6) is 0 Å². The van der Waals surface area contributed by atoms with E-state index in [4.69, 9.17) is 10.5 Å². The summed E-state index contributed by atoms with van der Waals surface area (Å²) in [5.41, 5.74) is 1.87. The van der Waals surface area contributed by atoms with E-state index in [0.29, 0.717) is 33.3 Å². The Morgan fingerprint density at radius 3 is 2.21 bits per heavy atom. The number of imide groups is 1. The number of para-hydroxylation sites is 1. The second-order valence-electron chi connectivity index (χ2n) is 6.10. The fourth-order valence-corrected chi connectivity index (χ4v) is 3.27.